The minimum Gasteiger partial charge on any atom is -0.355 e. The molecule has 1 fully saturated rings. The fraction of sp³-hybridized carbons (Fsp3) is 0.263. The van der Waals surface area contributed by atoms with Gasteiger partial charge in [0.05, 0.1) is 0 Å². The smallest absolute Gasteiger partial charge is 0.324 e. The van der Waals surface area contributed by atoms with Crippen LogP contribution in [-0.4, -0.2) is 37.0 Å². The van der Waals surface area contributed by atoms with Crippen LogP contribution in [0.15, 0.2) is 48.5 Å². The van der Waals surface area contributed by atoms with Gasteiger partial charge in [-0.15, -0.1) is 0 Å². The van der Waals surface area contributed by atoms with Crippen molar-refractivity contribution < 1.29 is 14.0 Å². The molecule has 25 heavy (non-hydrogen) atoms. The molecule has 1 heterocycles. The number of anilines is 1. The molecule has 2 aromatic carbocycles. The molecule has 1 aliphatic rings. The van der Waals surface area contributed by atoms with Crippen molar-refractivity contribution in [3.63, 3.8) is 0 Å². The van der Waals surface area contributed by atoms with Crippen molar-refractivity contribution in [2.75, 3.05) is 25.0 Å². The summed E-state index contributed by atoms with van der Waals surface area (Å²) < 4.78 is 13.0. The first-order valence-corrected chi connectivity index (χ1v) is 8.21. The summed E-state index contributed by atoms with van der Waals surface area (Å²) in [6.07, 6.45) is 0.851. The summed E-state index contributed by atoms with van der Waals surface area (Å²) in [6.45, 7) is 1.76. The van der Waals surface area contributed by atoms with E-state index < -0.39 is 0 Å². The van der Waals surface area contributed by atoms with Crippen molar-refractivity contribution in [1.29, 1.82) is 0 Å². The van der Waals surface area contributed by atoms with Crippen LogP contribution in [0, 0.1) is 5.82 Å². The third-order valence-corrected chi connectivity index (χ3v) is 4.27. The van der Waals surface area contributed by atoms with Crippen LogP contribution in [0.2, 0.25) is 0 Å². The molecular formula is C19H20FN3O2. The predicted molar refractivity (Wildman–Crippen MR) is 94.0 cm³/mol. The molecule has 130 valence electrons. The van der Waals surface area contributed by atoms with Gasteiger partial charge < -0.3 is 10.2 Å². The van der Waals surface area contributed by atoms with Gasteiger partial charge in [-0.05, 0) is 48.4 Å². The number of amides is 3. The Morgan fingerprint density at radius 3 is 2.40 bits per heavy atom. The quantitative estimate of drug-likeness (QED) is 0.929. The van der Waals surface area contributed by atoms with Crippen molar-refractivity contribution in [3.05, 3.63) is 65.5 Å². The normalized spacial score (nSPS) is 14.6. The van der Waals surface area contributed by atoms with E-state index in [-0.39, 0.29) is 17.8 Å². The number of rotatable bonds is 4. The summed E-state index contributed by atoms with van der Waals surface area (Å²) in [6, 6.07) is 13.1. The van der Waals surface area contributed by atoms with E-state index in [0.717, 1.165) is 17.7 Å². The molecule has 1 N–H and O–H groups in total. The van der Waals surface area contributed by atoms with E-state index in [2.05, 4.69) is 5.32 Å². The Bertz CT molecular complexity index is 759. The van der Waals surface area contributed by atoms with Crippen molar-refractivity contribution >= 4 is 17.6 Å². The molecule has 0 bridgehead atoms. The van der Waals surface area contributed by atoms with Crippen molar-refractivity contribution in [3.8, 4) is 0 Å². The summed E-state index contributed by atoms with van der Waals surface area (Å²) in [5, 5.41) is 2.57. The first-order chi connectivity index (χ1) is 12.1. The zero-order valence-electron chi connectivity index (χ0n) is 14.0. The van der Waals surface area contributed by atoms with Gasteiger partial charge >= 0.3 is 6.03 Å². The average molecular weight is 341 g/mol. The highest BCUT2D eigenvalue weighted by molar-refractivity contribution is 5.96. The largest absolute Gasteiger partial charge is 0.355 e. The molecule has 0 spiro atoms. The van der Waals surface area contributed by atoms with Gasteiger partial charge in [0.1, 0.15) is 5.82 Å². The molecule has 0 unspecified atom stereocenters. The van der Waals surface area contributed by atoms with E-state index in [0.29, 0.717) is 25.2 Å². The van der Waals surface area contributed by atoms with Gasteiger partial charge in [0.15, 0.2) is 0 Å². The maximum Gasteiger partial charge on any atom is 0.324 e. The van der Waals surface area contributed by atoms with Crippen LogP contribution in [0.3, 0.4) is 0 Å². The molecule has 0 aliphatic carbocycles. The summed E-state index contributed by atoms with van der Waals surface area (Å²) >= 11 is 0. The first-order valence-electron chi connectivity index (χ1n) is 8.21. The molecule has 3 rings (SSSR count). The summed E-state index contributed by atoms with van der Waals surface area (Å²) in [5.41, 5.74) is 2.21. The SMILES string of the molecule is CNC(=O)c1ccc(N2CCCN(Cc3ccc(F)cc3)C2=O)cc1. The van der Waals surface area contributed by atoms with Crippen LogP contribution < -0.4 is 10.2 Å². The molecule has 0 aromatic heterocycles. The van der Waals surface area contributed by atoms with Crippen LogP contribution in [0.4, 0.5) is 14.9 Å². The fourth-order valence-corrected chi connectivity index (χ4v) is 2.92. The van der Waals surface area contributed by atoms with Gasteiger partial charge in [0.25, 0.3) is 5.91 Å². The van der Waals surface area contributed by atoms with Gasteiger partial charge in [0, 0.05) is 37.9 Å². The minimum absolute atomic E-state index is 0.0803. The average Bonchev–Trinajstić information content (AvgIpc) is 2.65. The second kappa shape index (κ2) is 7.34. The molecule has 1 saturated heterocycles. The second-order valence-electron chi connectivity index (χ2n) is 5.96. The molecule has 2 aromatic rings. The summed E-state index contributed by atoms with van der Waals surface area (Å²) in [5.74, 6) is -0.444. The standard InChI is InChI=1S/C19H20FN3O2/c1-21-18(24)15-5-9-17(10-6-15)23-12-2-11-22(19(23)25)13-14-3-7-16(20)8-4-14/h3-10H,2,11-13H2,1H3,(H,21,24). The molecule has 5 nitrogen and oxygen atoms in total. The number of carbonyl (C=O) groups is 2. The van der Waals surface area contributed by atoms with Gasteiger partial charge in [-0.2, -0.15) is 0 Å². The number of hydrogen-bond donors (Lipinski definition) is 1. The Balaban J connectivity index is 1.73. The highest BCUT2D eigenvalue weighted by Gasteiger charge is 2.26. The van der Waals surface area contributed by atoms with Crippen LogP contribution >= 0.6 is 0 Å². The number of carbonyl (C=O) groups excluding carboxylic acids is 2. The molecule has 3 amide bonds. The number of nitrogens with zero attached hydrogens (tertiary/aromatic N) is 2. The lowest BCUT2D eigenvalue weighted by atomic mass is 10.1. The molecule has 1 aliphatic heterocycles. The molecular weight excluding hydrogens is 321 g/mol. The van der Waals surface area contributed by atoms with Gasteiger partial charge in [-0.3, -0.25) is 9.69 Å². The maximum atomic E-state index is 13.0. The number of nitrogens with one attached hydrogen (secondary N) is 1. The topological polar surface area (TPSA) is 52.7 Å². The summed E-state index contributed by atoms with van der Waals surface area (Å²) in [7, 11) is 1.58. The maximum absolute atomic E-state index is 13.0. The Labute approximate surface area is 146 Å². The Hall–Kier alpha value is -2.89. The van der Waals surface area contributed by atoms with Crippen LogP contribution in [-0.2, 0) is 6.54 Å². The second-order valence-corrected chi connectivity index (χ2v) is 5.96. The molecule has 0 radical (unpaired) electrons. The van der Waals surface area contributed by atoms with E-state index in [1.165, 1.54) is 12.1 Å². The molecule has 0 saturated carbocycles. The van der Waals surface area contributed by atoms with Crippen molar-refractivity contribution in [2.45, 2.75) is 13.0 Å². The Morgan fingerprint density at radius 2 is 1.76 bits per heavy atom. The van der Waals surface area contributed by atoms with Gasteiger partial charge in [-0.1, -0.05) is 12.1 Å². The highest BCUT2D eigenvalue weighted by atomic mass is 19.1. The van der Waals surface area contributed by atoms with Crippen LogP contribution in [0.25, 0.3) is 0 Å². The van der Waals surface area contributed by atoms with Crippen LogP contribution in [0.5, 0.6) is 0 Å². The van der Waals surface area contributed by atoms with Gasteiger partial charge in [0.2, 0.25) is 0 Å². The monoisotopic (exact) mass is 341 g/mol. The third-order valence-electron chi connectivity index (χ3n) is 4.27. The summed E-state index contributed by atoms with van der Waals surface area (Å²) in [4.78, 5) is 27.9. The zero-order valence-corrected chi connectivity index (χ0v) is 14.0. The van der Waals surface area contributed by atoms with Crippen molar-refractivity contribution in [2.24, 2.45) is 0 Å². The van der Waals surface area contributed by atoms with Crippen molar-refractivity contribution in [1.82, 2.24) is 10.2 Å². The third kappa shape index (κ3) is 3.79. The lowest BCUT2D eigenvalue weighted by molar-refractivity contribution is 0.0963. The first kappa shape index (κ1) is 17.0. The number of benzene rings is 2. The van der Waals surface area contributed by atoms with Crippen LogP contribution in [0.1, 0.15) is 22.3 Å². The zero-order chi connectivity index (χ0) is 17.8. The number of urea groups is 1. The van der Waals surface area contributed by atoms with E-state index in [9.17, 15) is 14.0 Å². The molecule has 6 heteroatoms. The lowest BCUT2D eigenvalue weighted by Gasteiger charge is -2.35. The Morgan fingerprint density at radius 1 is 1.08 bits per heavy atom. The van der Waals surface area contributed by atoms with E-state index in [1.54, 1.807) is 53.2 Å². The Kier molecular flexibility index (Phi) is 4.97. The lowest BCUT2D eigenvalue weighted by Crippen LogP contribution is -2.49. The minimum atomic E-state index is -0.286. The van der Waals surface area contributed by atoms with Gasteiger partial charge in [-0.25, -0.2) is 9.18 Å². The number of hydrogen-bond acceptors (Lipinski definition) is 2. The van der Waals surface area contributed by atoms with E-state index >= 15 is 0 Å². The fourth-order valence-electron chi connectivity index (χ4n) is 2.92. The van der Waals surface area contributed by atoms with E-state index in [1.807, 2.05) is 0 Å². The predicted octanol–water partition coefficient (Wildman–Crippen LogP) is 3.02. The highest BCUT2D eigenvalue weighted by Crippen LogP contribution is 2.22. The van der Waals surface area contributed by atoms with E-state index in [4.69, 9.17) is 0 Å². The molecule has 0 atom stereocenters. The number of halogens is 1.